The monoisotopic (exact) mass is 522 g/mol. The third-order valence-electron chi connectivity index (χ3n) is 7.34. The predicted octanol–water partition coefficient (Wildman–Crippen LogP) is 1.61. The van der Waals surface area contributed by atoms with E-state index in [0.29, 0.717) is 23.5 Å². The minimum atomic E-state index is -0.248. The smallest absolute Gasteiger partial charge is 0.260 e. The van der Waals surface area contributed by atoms with Gasteiger partial charge in [-0.1, -0.05) is 0 Å². The predicted molar refractivity (Wildman–Crippen MR) is 139 cm³/mol. The van der Waals surface area contributed by atoms with Gasteiger partial charge in [0.25, 0.3) is 5.91 Å². The lowest BCUT2D eigenvalue weighted by Gasteiger charge is -2.47. The van der Waals surface area contributed by atoms with Gasteiger partial charge in [0.05, 0.1) is 53.3 Å². The minimum absolute atomic E-state index is 0.0690. The number of piperidine rings is 1. The second-order valence-corrected chi connectivity index (χ2v) is 11.0. The van der Waals surface area contributed by atoms with Gasteiger partial charge in [-0.2, -0.15) is 10.2 Å². The molecule has 6 rings (SSSR count). The van der Waals surface area contributed by atoms with Crippen LogP contribution in [-0.2, 0) is 16.6 Å². The molecule has 0 saturated carbocycles. The Bertz CT molecular complexity index is 1400. The Morgan fingerprint density at radius 1 is 1.19 bits per heavy atom. The molecule has 0 radical (unpaired) electrons. The van der Waals surface area contributed by atoms with Gasteiger partial charge in [0.15, 0.2) is 0 Å². The molecule has 0 aliphatic carbocycles. The maximum atomic E-state index is 13.2. The Morgan fingerprint density at radius 3 is 2.70 bits per heavy atom. The molecule has 2 fully saturated rings. The van der Waals surface area contributed by atoms with E-state index in [4.69, 9.17) is 4.74 Å². The highest BCUT2D eigenvalue weighted by molar-refractivity contribution is 7.21. The van der Waals surface area contributed by atoms with E-state index in [-0.39, 0.29) is 23.5 Å². The third-order valence-corrected chi connectivity index (χ3v) is 8.50. The van der Waals surface area contributed by atoms with Gasteiger partial charge < -0.3 is 20.7 Å². The van der Waals surface area contributed by atoms with E-state index < -0.39 is 0 Å². The molecule has 1 atom stereocenters. The average molecular weight is 523 g/mol. The number of aromatic nitrogens is 4. The van der Waals surface area contributed by atoms with E-state index >= 15 is 0 Å². The normalized spacial score (nSPS) is 21.2. The summed E-state index contributed by atoms with van der Waals surface area (Å²) < 4.78 is 9.22. The van der Waals surface area contributed by atoms with Crippen LogP contribution in [0.2, 0.25) is 0 Å². The lowest BCUT2D eigenvalue weighted by atomic mass is 9.84. The molecule has 3 aromatic heterocycles. The molecule has 3 N–H and O–H groups in total. The second-order valence-electron chi connectivity index (χ2n) is 9.95. The number of carbonyl (C=O) groups excluding carboxylic acids is 2. The number of rotatable bonds is 6. The summed E-state index contributed by atoms with van der Waals surface area (Å²) in [6, 6.07) is -0.120. The summed E-state index contributed by atoms with van der Waals surface area (Å²) in [6.45, 7) is 4.88. The van der Waals surface area contributed by atoms with Crippen molar-refractivity contribution >= 4 is 28.0 Å². The van der Waals surface area contributed by atoms with Gasteiger partial charge in [-0.25, -0.2) is 4.52 Å². The van der Waals surface area contributed by atoms with Crippen LogP contribution in [0.3, 0.4) is 0 Å². The summed E-state index contributed by atoms with van der Waals surface area (Å²) in [5.41, 5.74) is 2.83. The number of nitrogens with zero attached hydrogens (tertiary/aromatic N) is 5. The molecule has 37 heavy (non-hydrogen) atoms. The number of nitrogens with one attached hydrogen (secondary N) is 3. The molecule has 12 heteroatoms. The Labute approximate surface area is 218 Å². The number of hydrogen-bond acceptors (Lipinski definition) is 8. The topological polar surface area (TPSA) is 118 Å². The van der Waals surface area contributed by atoms with E-state index in [1.54, 1.807) is 33.9 Å². The fourth-order valence-electron chi connectivity index (χ4n) is 4.98. The first kappa shape index (κ1) is 23.9. The zero-order valence-electron chi connectivity index (χ0n) is 20.9. The molecular weight excluding hydrogens is 492 g/mol. The lowest BCUT2D eigenvalue weighted by molar-refractivity contribution is -0.173. The molecule has 0 bridgehead atoms. The average Bonchev–Trinajstić information content (AvgIpc) is 3.56. The van der Waals surface area contributed by atoms with Crippen molar-refractivity contribution in [3.8, 4) is 10.4 Å². The van der Waals surface area contributed by atoms with Gasteiger partial charge in [-0.05, 0) is 32.3 Å². The van der Waals surface area contributed by atoms with Gasteiger partial charge in [0, 0.05) is 50.0 Å². The molecule has 6 heterocycles. The van der Waals surface area contributed by atoms with Crippen molar-refractivity contribution < 1.29 is 14.3 Å². The number of carbonyl (C=O) groups is 2. The summed E-state index contributed by atoms with van der Waals surface area (Å²) in [6.07, 6.45) is 13.9. The SMILES string of the molecule is CC1NC=C(NC(=O)CN2CCC3(CCO3)CC2)C=C1NC(=O)c1cnn2cc(-c3cnn(C)c3)sc12. The molecule has 3 aromatic rings. The van der Waals surface area contributed by atoms with Crippen LogP contribution in [0.25, 0.3) is 15.3 Å². The molecule has 194 valence electrons. The van der Waals surface area contributed by atoms with Gasteiger partial charge in [-0.15, -0.1) is 11.3 Å². The number of amides is 2. The zero-order chi connectivity index (χ0) is 25.6. The number of fused-ring (bicyclic) bond motifs is 1. The molecular formula is C25H30N8O3S. The van der Waals surface area contributed by atoms with Crippen molar-refractivity contribution in [2.24, 2.45) is 7.05 Å². The number of hydrogen-bond donors (Lipinski definition) is 3. The number of likely N-dealkylation sites (tertiary alicyclic amines) is 1. The Hall–Kier alpha value is -3.48. The third kappa shape index (κ3) is 4.79. The molecule has 3 aliphatic heterocycles. The molecule has 2 saturated heterocycles. The van der Waals surface area contributed by atoms with Crippen molar-refractivity contribution in [2.75, 3.05) is 26.2 Å². The molecule has 11 nitrogen and oxygen atoms in total. The molecule has 3 aliphatic rings. The minimum Gasteiger partial charge on any atom is -0.381 e. The summed E-state index contributed by atoms with van der Waals surface area (Å²) in [4.78, 5) is 29.8. The highest BCUT2D eigenvalue weighted by Crippen LogP contribution is 2.36. The number of aryl methyl sites for hydroxylation is 1. The standard InChI is InChI=1S/C25H30N8O3S/c1-16-20(9-18(11-26-16)29-22(34)15-32-6-3-25(4-7-32)5-8-36-25)30-23(35)19-12-28-33-14-21(37-24(19)33)17-10-27-31(2)13-17/h9-14,16,26H,3-8,15H2,1-2H3,(H,29,34)(H,30,35). The van der Waals surface area contributed by atoms with Gasteiger partial charge in [0.1, 0.15) is 4.83 Å². The quantitative estimate of drug-likeness (QED) is 0.450. The first-order valence-electron chi connectivity index (χ1n) is 12.5. The summed E-state index contributed by atoms with van der Waals surface area (Å²) >= 11 is 1.49. The molecule has 0 aromatic carbocycles. The van der Waals surface area contributed by atoms with Crippen molar-refractivity contribution in [2.45, 2.75) is 37.8 Å². The van der Waals surface area contributed by atoms with Crippen LogP contribution in [0.15, 0.2) is 48.5 Å². The van der Waals surface area contributed by atoms with E-state index in [0.717, 1.165) is 54.2 Å². The number of thiazole rings is 1. The van der Waals surface area contributed by atoms with Gasteiger partial charge in [0.2, 0.25) is 5.91 Å². The zero-order valence-corrected chi connectivity index (χ0v) is 21.7. The van der Waals surface area contributed by atoms with E-state index in [1.165, 1.54) is 11.3 Å². The highest BCUT2D eigenvalue weighted by atomic mass is 32.1. The van der Waals surface area contributed by atoms with E-state index in [1.807, 2.05) is 26.4 Å². The van der Waals surface area contributed by atoms with E-state index in [2.05, 4.69) is 31.0 Å². The molecule has 2 amide bonds. The van der Waals surface area contributed by atoms with Gasteiger partial charge >= 0.3 is 0 Å². The Balaban J connectivity index is 1.09. The Morgan fingerprint density at radius 2 is 2.00 bits per heavy atom. The number of allylic oxidation sites excluding steroid dienone is 1. The van der Waals surface area contributed by atoms with Crippen LogP contribution < -0.4 is 16.0 Å². The molecule has 1 spiro atoms. The summed E-state index contributed by atoms with van der Waals surface area (Å²) in [5.74, 6) is -0.322. The number of dihydropyridines is 1. The Kier molecular flexibility index (Phi) is 6.09. The summed E-state index contributed by atoms with van der Waals surface area (Å²) in [7, 11) is 1.87. The van der Waals surface area contributed by atoms with Crippen LogP contribution in [0.4, 0.5) is 0 Å². The lowest BCUT2D eigenvalue weighted by Crippen LogP contribution is -2.53. The fraction of sp³-hybridized carbons (Fsp3) is 0.440. The highest BCUT2D eigenvalue weighted by Gasteiger charge is 2.41. The van der Waals surface area contributed by atoms with Crippen LogP contribution in [-0.4, -0.2) is 74.0 Å². The van der Waals surface area contributed by atoms with Crippen LogP contribution in [0, 0.1) is 0 Å². The van der Waals surface area contributed by atoms with Crippen LogP contribution in [0.1, 0.15) is 36.5 Å². The van der Waals surface area contributed by atoms with Crippen molar-refractivity contribution in [3.05, 3.63) is 54.0 Å². The maximum Gasteiger partial charge on any atom is 0.260 e. The van der Waals surface area contributed by atoms with Crippen molar-refractivity contribution in [1.82, 2.24) is 40.2 Å². The second kappa shape index (κ2) is 9.43. The summed E-state index contributed by atoms with van der Waals surface area (Å²) in [5, 5.41) is 17.8. The van der Waals surface area contributed by atoms with Crippen LogP contribution >= 0.6 is 11.3 Å². The fourth-order valence-corrected chi connectivity index (χ4v) is 6.02. The number of ether oxygens (including phenoxy) is 1. The van der Waals surface area contributed by atoms with E-state index in [9.17, 15) is 9.59 Å². The first-order valence-corrected chi connectivity index (χ1v) is 13.3. The molecule has 1 unspecified atom stereocenters. The van der Waals surface area contributed by atoms with Crippen molar-refractivity contribution in [3.63, 3.8) is 0 Å². The van der Waals surface area contributed by atoms with Crippen molar-refractivity contribution in [1.29, 1.82) is 0 Å². The first-order chi connectivity index (χ1) is 17.9. The largest absolute Gasteiger partial charge is 0.381 e. The maximum absolute atomic E-state index is 13.2. The van der Waals surface area contributed by atoms with Crippen LogP contribution in [0.5, 0.6) is 0 Å². The van der Waals surface area contributed by atoms with Gasteiger partial charge in [-0.3, -0.25) is 19.2 Å².